The molecule has 0 aromatic heterocycles. The van der Waals surface area contributed by atoms with E-state index in [1.54, 1.807) is 19.2 Å². The maximum absolute atomic E-state index is 12.1. The molecule has 130 valence electrons. The van der Waals surface area contributed by atoms with Crippen LogP contribution in [0.1, 0.15) is 17.2 Å². The Labute approximate surface area is 140 Å². The highest BCUT2D eigenvalue weighted by atomic mass is 19.3. The van der Waals surface area contributed by atoms with Crippen molar-refractivity contribution in [3.05, 3.63) is 59.7 Å². The van der Waals surface area contributed by atoms with E-state index in [2.05, 4.69) is 4.74 Å². The van der Waals surface area contributed by atoms with Crippen molar-refractivity contribution in [2.24, 2.45) is 0 Å². The number of halogens is 2. The summed E-state index contributed by atoms with van der Waals surface area (Å²) in [5.41, 5.74) is 1.67. The highest BCUT2D eigenvalue weighted by Gasteiger charge is 2.13. The second kappa shape index (κ2) is 8.61. The fourth-order valence-corrected chi connectivity index (χ4v) is 2.46. The van der Waals surface area contributed by atoms with Gasteiger partial charge in [-0.3, -0.25) is 4.90 Å². The number of hydrogen-bond acceptors (Lipinski definition) is 4. The van der Waals surface area contributed by atoms with E-state index in [0.717, 1.165) is 11.3 Å². The van der Waals surface area contributed by atoms with Crippen molar-refractivity contribution < 1.29 is 23.4 Å². The molecule has 0 aliphatic heterocycles. The third-order valence-corrected chi connectivity index (χ3v) is 3.61. The van der Waals surface area contributed by atoms with Crippen LogP contribution in [0.2, 0.25) is 0 Å². The Morgan fingerprint density at radius 3 is 2.38 bits per heavy atom. The lowest BCUT2D eigenvalue weighted by molar-refractivity contribution is -0.0498. The largest absolute Gasteiger partial charge is 0.496 e. The van der Waals surface area contributed by atoms with E-state index in [1.807, 2.05) is 36.2 Å². The number of likely N-dealkylation sites (N-methyl/N-ethyl adjacent to an activating group) is 1. The lowest BCUT2D eigenvalue weighted by atomic mass is 10.1. The number of nitrogens with zero attached hydrogens (tertiary/aromatic N) is 1. The van der Waals surface area contributed by atoms with E-state index >= 15 is 0 Å². The van der Waals surface area contributed by atoms with Crippen molar-refractivity contribution >= 4 is 0 Å². The molecule has 4 nitrogen and oxygen atoms in total. The summed E-state index contributed by atoms with van der Waals surface area (Å²) in [6.07, 6.45) is -0.731. The van der Waals surface area contributed by atoms with E-state index in [-0.39, 0.29) is 5.75 Å². The highest BCUT2D eigenvalue weighted by molar-refractivity contribution is 5.33. The van der Waals surface area contributed by atoms with Crippen LogP contribution >= 0.6 is 0 Å². The third kappa shape index (κ3) is 5.18. The molecule has 2 rings (SSSR count). The summed E-state index contributed by atoms with van der Waals surface area (Å²) < 4.78 is 33.9. The molecule has 6 heteroatoms. The van der Waals surface area contributed by atoms with Crippen molar-refractivity contribution in [2.75, 3.05) is 20.7 Å². The van der Waals surface area contributed by atoms with E-state index in [4.69, 9.17) is 4.74 Å². The summed E-state index contributed by atoms with van der Waals surface area (Å²) in [6.45, 7) is -1.84. The van der Waals surface area contributed by atoms with Crippen molar-refractivity contribution in [3.63, 3.8) is 0 Å². The van der Waals surface area contributed by atoms with Gasteiger partial charge in [0.2, 0.25) is 0 Å². The maximum Gasteiger partial charge on any atom is 0.387 e. The Morgan fingerprint density at radius 2 is 1.75 bits per heavy atom. The van der Waals surface area contributed by atoms with Crippen LogP contribution in [0.25, 0.3) is 0 Å². The SMILES string of the molecule is COc1ccccc1CN(C)CC(O)c1ccc(OC(F)F)cc1. The minimum absolute atomic E-state index is 0.0725. The van der Waals surface area contributed by atoms with Gasteiger partial charge in [0.15, 0.2) is 0 Å². The molecule has 0 saturated heterocycles. The summed E-state index contributed by atoms with van der Waals surface area (Å²) in [4.78, 5) is 1.96. The van der Waals surface area contributed by atoms with Gasteiger partial charge in [-0.2, -0.15) is 8.78 Å². The number of para-hydroxylation sites is 1. The van der Waals surface area contributed by atoms with Crippen LogP contribution in [0.3, 0.4) is 0 Å². The zero-order valence-corrected chi connectivity index (χ0v) is 13.7. The number of hydrogen-bond donors (Lipinski definition) is 1. The lowest BCUT2D eigenvalue weighted by Crippen LogP contribution is -2.24. The van der Waals surface area contributed by atoms with E-state index in [1.165, 1.54) is 12.1 Å². The Morgan fingerprint density at radius 1 is 1.08 bits per heavy atom. The molecular formula is C18H21F2NO3. The quantitative estimate of drug-likeness (QED) is 0.801. The van der Waals surface area contributed by atoms with Crippen LogP contribution in [-0.2, 0) is 6.54 Å². The summed E-state index contributed by atoms with van der Waals surface area (Å²) in [6, 6.07) is 13.7. The molecule has 1 unspecified atom stereocenters. The van der Waals surface area contributed by atoms with Gasteiger partial charge < -0.3 is 14.6 Å². The second-order valence-corrected chi connectivity index (χ2v) is 5.47. The molecular weight excluding hydrogens is 316 g/mol. The van der Waals surface area contributed by atoms with E-state index < -0.39 is 12.7 Å². The first-order chi connectivity index (χ1) is 11.5. The zero-order valence-electron chi connectivity index (χ0n) is 13.7. The predicted molar refractivity (Wildman–Crippen MR) is 87.4 cm³/mol. The van der Waals surface area contributed by atoms with Crippen LogP contribution in [0.5, 0.6) is 11.5 Å². The van der Waals surface area contributed by atoms with Gasteiger partial charge >= 0.3 is 6.61 Å². The van der Waals surface area contributed by atoms with Gasteiger partial charge in [-0.25, -0.2) is 0 Å². The third-order valence-electron chi connectivity index (χ3n) is 3.61. The van der Waals surface area contributed by atoms with Crippen molar-refractivity contribution in [1.29, 1.82) is 0 Å². The number of alkyl halides is 2. The number of ether oxygens (including phenoxy) is 2. The normalized spacial score (nSPS) is 12.5. The van der Waals surface area contributed by atoms with Gasteiger partial charge in [-0.1, -0.05) is 30.3 Å². The van der Waals surface area contributed by atoms with E-state index in [0.29, 0.717) is 18.7 Å². The monoisotopic (exact) mass is 337 g/mol. The number of aliphatic hydroxyl groups is 1. The topological polar surface area (TPSA) is 41.9 Å². The van der Waals surface area contributed by atoms with Gasteiger partial charge in [-0.15, -0.1) is 0 Å². The molecule has 1 atom stereocenters. The molecule has 0 fully saturated rings. The average molecular weight is 337 g/mol. The Hall–Kier alpha value is -2.18. The first-order valence-corrected chi connectivity index (χ1v) is 7.53. The lowest BCUT2D eigenvalue weighted by Gasteiger charge is -2.22. The first kappa shape index (κ1) is 18.2. The van der Waals surface area contributed by atoms with Crippen LogP contribution in [-0.4, -0.2) is 37.3 Å². The molecule has 0 spiro atoms. The second-order valence-electron chi connectivity index (χ2n) is 5.47. The first-order valence-electron chi connectivity index (χ1n) is 7.53. The Kier molecular flexibility index (Phi) is 6.52. The number of methoxy groups -OCH3 is 1. The van der Waals surface area contributed by atoms with Gasteiger partial charge in [0.1, 0.15) is 11.5 Å². The standard InChI is InChI=1S/C18H21F2NO3/c1-21(11-14-5-3-4-6-17(14)23-2)12-16(22)13-7-9-15(10-8-13)24-18(19)20/h3-10,16,18,22H,11-12H2,1-2H3. The van der Waals surface area contributed by atoms with Crippen molar-refractivity contribution in [2.45, 2.75) is 19.3 Å². The molecule has 0 aliphatic carbocycles. The predicted octanol–water partition coefficient (Wildman–Crippen LogP) is 3.46. The smallest absolute Gasteiger partial charge is 0.387 e. The molecule has 2 aromatic rings. The van der Waals surface area contributed by atoms with Gasteiger partial charge in [0, 0.05) is 18.7 Å². The number of rotatable bonds is 8. The van der Waals surface area contributed by atoms with Crippen LogP contribution in [0, 0.1) is 0 Å². The molecule has 0 aliphatic rings. The minimum Gasteiger partial charge on any atom is -0.496 e. The molecule has 0 radical (unpaired) electrons. The minimum atomic E-state index is -2.85. The fraction of sp³-hybridized carbons (Fsp3) is 0.333. The molecule has 0 saturated carbocycles. The Bertz CT molecular complexity index is 634. The van der Waals surface area contributed by atoms with Crippen LogP contribution in [0.4, 0.5) is 8.78 Å². The molecule has 0 bridgehead atoms. The summed E-state index contributed by atoms with van der Waals surface area (Å²) in [7, 11) is 3.51. The fourth-order valence-electron chi connectivity index (χ4n) is 2.46. The van der Waals surface area contributed by atoms with Crippen molar-refractivity contribution in [3.8, 4) is 11.5 Å². The molecule has 24 heavy (non-hydrogen) atoms. The highest BCUT2D eigenvalue weighted by Crippen LogP contribution is 2.22. The maximum atomic E-state index is 12.1. The molecule has 0 heterocycles. The van der Waals surface area contributed by atoms with Gasteiger partial charge in [0.25, 0.3) is 0 Å². The Balaban J connectivity index is 1.94. The molecule has 2 aromatic carbocycles. The summed E-state index contributed by atoms with van der Waals surface area (Å²) >= 11 is 0. The number of aliphatic hydroxyl groups excluding tert-OH is 1. The number of benzene rings is 2. The van der Waals surface area contributed by atoms with E-state index in [9.17, 15) is 13.9 Å². The van der Waals surface area contributed by atoms with Gasteiger partial charge in [0.05, 0.1) is 13.2 Å². The molecule has 0 amide bonds. The molecule has 1 N–H and O–H groups in total. The van der Waals surface area contributed by atoms with Gasteiger partial charge in [-0.05, 0) is 30.8 Å². The average Bonchev–Trinajstić information content (AvgIpc) is 2.55. The van der Waals surface area contributed by atoms with Crippen LogP contribution < -0.4 is 9.47 Å². The summed E-state index contributed by atoms with van der Waals surface area (Å²) in [5.74, 6) is 0.871. The van der Waals surface area contributed by atoms with Crippen LogP contribution in [0.15, 0.2) is 48.5 Å². The zero-order chi connectivity index (χ0) is 17.5. The summed E-state index contributed by atoms with van der Waals surface area (Å²) in [5, 5.41) is 10.3. The van der Waals surface area contributed by atoms with Crippen molar-refractivity contribution in [1.82, 2.24) is 4.90 Å².